The van der Waals surface area contributed by atoms with Crippen LogP contribution < -0.4 is 10.2 Å². The average molecular weight is 263 g/mol. The quantitative estimate of drug-likeness (QED) is 0.778. The summed E-state index contributed by atoms with van der Waals surface area (Å²) in [6.45, 7) is 10.9. The van der Waals surface area contributed by atoms with Crippen molar-refractivity contribution in [2.45, 2.75) is 59.5 Å². The number of rotatable bonds is 8. The van der Waals surface area contributed by atoms with Crippen LogP contribution in [0.5, 0.6) is 0 Å². The predicted octanol–water partition coefficient (Wildman–Crippen LogP) is 3.51. The van der Waals surface area contributed by atoms with Crippen LogP contribution in [0, 0.1) is 6.92 Å². The van der Waals surface area contributed by atoms with Gasteiger partial charge < -0.3 is 10.2 Å². The van der Waals surface area contributed by atoms with Gasteiger partial charge in [-0.25, -0.2) is 0 Å². The summed E-state index contributed by atoms with van der Waals surface area (Å²) in [5, 5.41) is 3.25. The molecular weight excluding hydrogens is 234 g/mol. The number of nitrogens with zero attached hydrogens (tertiary/aromatic N) is 2. The van der Waals surface area contributed by atoms with Crippen molar-refractivity contribution in [1.29, 1.82) is 0 Å². The lowest BCUT2D eigenvalue weighted by Gasteiger charge is -2.32. The zero-order valence-corrected chi connectivity index (χ0v) is 13.2. The number of unbranched alkanes of at least 4 members (excludes halogenated alkanes) is 1. The molecule has 0 radical (unpaired) electrons. The normalized spacial score (nSPS) is 12.5. The lowest BCUT2D eigenvalue weighted by atomic mass is 10.1. The molecule has 1 heterocycles. The first-order valence-corrected chi connectivity index (χ1v) is 7.50. The summed E-state index contributed by atoms with van der Waals surface area (Å²) >= 11 is 0. The second-order valence-corrected chi connectivity index (χ2v) is 5.29. The highest BCUT2D eigenvalue weighted by molar-refractivity contribution is 5.54. The number of pyridine rings is 1. The molecule has 0 aliphatic heterocycles. The Morgan fingerprint density at radius 3 is 2.68 bits per heavy atom. The van der Waals surface area contributed by atoms with Crippen molar-refractivity contribution in [3.05, 3.63) is 23.5 Å². The number of aryl methyl sites for hydroxylation is 1. The van der Waals surface area contributed by atoms with E-state index < -0.39 is 0 Å². The van der Waals surface area contributed by atoms with Crippen molar-refractivity contribution in [2.75, 3.05) is 18.5 Å². The van der Waals surface area contributed by atoms with Gasteiger partial charge in [-0.2, -0.15) is 0 Å². The monoisotopic (exact) mass is 263 g/mol. The highest BCUT2D eigenvalue weighted by atomic mass is 15.2. The molecule has 0 saturated carbocycles. The maximum Gasteiger partial charge on any atom is 0.0447 e. The summed E-state index contributed by atoms with van der Waals surface area (Å²) in [6, 6.07) is 2.80. The third-order valence-corrected chi connectivity index (χ3v) is 3.65. The Morgan fingerprint density at radius 2 is 2.11 bits per heavy atom. The number of nitrogens with one attached hydrogen (secondary N) is 1. The molecule has 1 aromatic heterocycles. The van der Waals surface area contributed by atoms with Crippen LogP contribution in [-0.2, 0) is 6.54 Å². The summed E-state index contributed by atoms with van der Waals surface area (Å²) in [4.78, 5) is 6.99. The molecule has 1 aromatic rings. The average Bonchev–Trinajstić information content (AvgIpc) is 2.41. The van der Waals surface area contributed by atoms with E-state index in [0.717, 1.165) is 18.8 Å². The lowest BCUT2D eigenvalue weighted by molar-refractivity contribution is 0.591. The molecule has 0 amide bonds. The molecule has 3 heteroatoms. The van der Waals surface area contributed by atoms with Gasteiger partial charge in [0.15, 0.2) is 0 Å². The third kappa shape index (κ3) is 4.50. The number of anilines is 1. The first-order valence-electron chi connectivity index (χ1n) is 7.50. The Morgan fingerprint density at radius 1 is 1.37 bits per heavy atom. The Balaban J connectivity index is 3.07. The van der Waals surface area contributed by atoms with Crippen molar-refractivity contribution in [3.8, 4) is 0 Å². The summed E-state index contributed by atoms with van der Waals surface area (Å²) in [5.74, 6) is 0. The van der Waals surface area contributed by atoms with Crippen molar-refractivity contribution in [1.82, 2.24) is 10.3 Å². The fourth-order valence-corrected chi connectivity index (χ4v) is 2.29. The summed E-state index contributed by atoms with van der Waals surface area (Å²) < 4.78 is 0. The Labute approximate surface area is 118 Å². The van der Waals surface area contributed by atoms with Crippen LogP contribution in [0.15, 0.2) is 12.3 Å². The topological polar surface area (TPSA) is 28.2 Å². The van der Waals surface area contributed by atoms with E-state index in [1.54, 1.807) is 0 Å². The molecule has 1 N–H and O–H groups in total. The van der Waals surface area contributed by atoms with Crippen LogP contribution in [0.4, 0.5) is 5.69 Å². The zero-order chi connectivity index (χ0) is 14.3. The number of hydrogen-bond acceptors (Lipinski definition) is 3. The smallest absolute Gasteiger partial charge is 0.0447 e. The SMILES string of the molecule is CCCCN(c1cc(C)ncc1CNC)C(C)CC. The molecule has 1 rings (SSSR count). The van der Waals surface area contributed by atoms with Crippen molar-refractivity contribution in [3.63, 3.8) is 0 Å². The minimum absolute atomic E-state index is 0.573. The highest BCUT2D eigenvalue weighted by Crippen LogP contribution is 2.24. The maximum atomic E-state index is 4.44. The Bertz CT molecular complexity index is 376. The van der Waals surface area contributed by atoms with E-state index in [-0.39, 0.29) is 0 Å². The third-order valence-electron chi connectivity index (χ3n) is 3.65. The zero-order valence-electron chi connectivity index (χ0n) is 13.2. The largest absolute Gasteiger partial charge is 0.368 e. The van der Waals surface area contributed by atoms with E-state index in [1.807, 2.05) is 13.2 Å². The van der Waals surface area contributed by atoms with Crippen LogP contribution >= 0.6 is 0 Å². The van der Waals surface area contributed by atoms with E-state index in [2.05, 4.69) is 49.0 Å². The predicted molar refractivity (Wildman–Crippen MR) is 83.7 cm³/mol. The van der Waals surface area contributed by atoms with Gasteiger partial charge in [0.1, 0.15) is 0 Å². The van der Waals surface area contributed by atoms with Crippen LogP contribution in [0.1, 0.15) is 51.3 Å². The first-order chi connectivity index (χ1) is 9.13. The fraction of sp³-hybridized carbons (Fsp3) is 0.688. The molecule has 0 saturated heterocycles. The van der Waals surface area contributed by atoms with Gasteiger partial charge in [0.25, 0.3) is 0 Å². The van der Waals surface area contributed by atoms with Gasteiger partial charge in [0, 0.05) is 42.3 Å². The minimum Gasteiger partial charge on any atom is -0.368 e. The Kier molecular flexibility index (Phi) is 6.85. The molecule has 0 aliphatic carbocycles. The lowest BCUT2D eigenvalue weighted by Crippen LogP contribution is -2.34. The molecule has 0 fully saturated rings. The highest BCUT2D eigenvalue weighted by Gasteiger charge is 2.16. The first kappa shape index (κ1) is 16.0. The van der Waals surface area contributed by atoms with Crippen LogP contribution in [0.3, 0.4) is 0 Å². The van der Waals surface area contributed by atoms with E-state index >= 15 is 0 Å². The number of aromatic nitrogens is 1. The minimum atomic E-state index is 0.573. The van der Waals surface area contributed by atoms with Crippen molar-refractivity contribution >= 4 is 5.69 Å². The number of hydrogen-bond donors (Lipinski definition) is 1. The van der Waals surface area contributed by atoms with Crippen LogP contribution in [0.25, 0.3) is 0 Å². The Hall–Kier alpha value is -1.09. The summed E-state index contributed by atoms with van der Waals surface area (Å²) in [7, 11) is 1.99. The summed E-state index contributed by atoms with van der Waals surface area (Å²) in [5.41, 5.74) is 3.74. The van der Waals surface area contributed by atoms with Crippen LogP contribution in [-0.4, -0.2) is 24.6 Å². The molecule has 0 aromatic carbocycles. The van der Waals surface area contributed by atoms with Gasteiger partial charge in [-0.1, -0.05) is 20.3 Å². The van der Waals surface area contributed by atoms with E-state index in [9.17, 15) is 0 Å². The van der Waals surface area contributed by atoms with E-state index in [0.29, 0.717) is 6.04 Å². The standard InChI is InChI=1S/C16H29N3/c1-6-8-9-19(14(4)7-2)16-10-13(3)18-12-15(16)11-17-5/h10,12,14,17H,6-9,11H2,1-5H3. The molecule has 0 spiro atoms. The molecular formula is C16H29N3. The van der Waals surface area contributed by atoms with Gasteiger partial charge in [-0.3, -0.25) is 4.98 Å². The second-order valence-electron chi connectivity index (χ2n) is 5.29. The van der Waals surface area contributed by atoms with E-state index in [4.69, 9.17) is 0 Å². The maximum absolute atomic E-state index is 4.44. The molecule has 1 unspecified atom stereocenters. The van der Waals surface area contributed by atoms with Gasteiger partial charge in [-0.05, 0) is 39.8 Å². The van der Waals surface area contributed by atoms with Gasteiger partial charge in [0.05, 0.1) is 0 Å². The van der Waals surface area contributed by atoms with Crippen molar-refractivity contribution < 1.29 is 0 Å². The van der Waals surface area contributed by atoms with Gasteiger partial charge >= 0.3 is 0 Å². The fourth-order valence-electron chi connectivity index (χ4n) is 2.29. The molecule has 3 nitrogen and oxygen atoms in total. The van der Waals surface area contributed by atoms with Gasteiger partial charge in [0.2, 0.25) is 0 Å². The summed E-state index contributed by atoms with van der Waals surface area (Å²) in [6.07, 6.45) is 5.66. The molecule has 0 bridgehead atoms. The van der Waals surface area contributed by atoms with E-state index in [1.165, 1.54) is 30.5 Å². The molecule has 1 atom stereocenters. The van der Waals surface area contributed by atoms with Crippen LogP contribution in [0.2, 0.25) is 0 Å². The molecule has 0 aliphatic rings. The second kappa shape index (κ2) is 8.16. The van der Waals surface area contributed by atoms with Crippen molar-refractivity contribution in [2.24, 2.45) is 0 Å². The van der Waals surface area contributed by atoms with Gasteiger partial charge in [-0.15, -0.1) is 0 Å². The molecule has 19 heavy (non-hydrogen) atoms. The molecule has 108 valence electrons.